The lowest BCUT2D eigenvalue weighted by molar-refractivity contribution is 0.111. The summed E-state index contributed by atoms with van der Waals surface area (Å²) < 4.78 is 24.3. The first-order valence-electron chi connectivity index (χ1n) is 5.84. The quantitative estimate of drug-likeness (QED) is 0.785. The van der Waals surface area contributed by atoms with Crippen molar-refractivity contribution in [1.82, 2.24) is 0 Å². The number of ether oxygens (including phenoxy) is 2. The monoisotopic (exact) mass is 294 g/mol. The van der Waals surface area contributed by atoms with Gasteiger partial charge in [0.1, 0.15) is 12.4 Å². The van der Waals surface area contributed by atoms with Crippen LogP contribution in [0.4, 0.5) is 4.39 Å². The zero-order valence-corrected chi connectivity index (χ0v) is 11.5. The predicted molar refractivity (Wildman–Crippen MR) is 74.1 cm³/mol. The highest BCUT2D eigenvalue weighted by Gasteiger charge is 2.12. The molecule has 0 aliphatic heterocycles. The van der Waals surface area contributed by atoms with Gasteiger partial charge < -0.3 is 9.47 Å². The molecule has 0 bridgehead atoms. The second-order valence-electron chi connectivity index (χ2n) is 4.03. The summed E-state index contributed by atoms with van der Waals surface area (Å²) in [6, 6.07) is 10.0. The fourth-order valence-electron chi connectivity index (χ4n) is 1.65. The number of methoxy groups -OCH3 is 1. The van der Waals surface area contributed by atoms with Gasteiger partial charge in [-0.05, 0) is 29.8 Å². The maximum atomic E-state index is 13.9. The Balaban J connectivity index is 2.12. The minimum atomic E-state index is -0.749. The van der Waals surface area contributed by atoms with E-state index in [0.29, 0.717) is 6.29 Å². The van der Waals surface area contributed by atoms with Crippen molar-refractivity contribution < 1.29 is 18.7 Å². The zero-order chi connectivity index (χ0) is 14.5. The number of benzene rings is 2. The van der Waals surface area contributed by atoms with Crippen molar-refractivity contribution in [3.8, 4) is 11.5 Å². The molecule has 0 saturated heterocycles. The lowest BCUT2D eigenvalue weighted by Gasteiger charge is -2.09. The molecule has 104 valence electrons. The molecule has 2 aromatic rings. The van der Waals surface area contributed by atoms with E-state index in [9.17, 15) is 9.18 Å². The molecule has 2 aromatic carbocycles. The van der Waals surface area contributed by atoms with E-state index in [4.69, 9.17) is 21.1 Å². The van der Waals surface area contributed by atoms with Gasteiger partial charge in [0.15, 0.2) is 17.9 Å². The molecule has 0 atom stereocenters. The Morgan fingerprint density at radius 2 is 1.90 bits per heavy atom. The SMILES string of the molecule is COc1ccc(COc2ccc(Cl)c(C=O)c2F)cc1. The van der Waals surface area contributed by atoms with Gasteiger partial charge >= 0.3 is 0 Å². The first kappa shape index (κ1) is 14.3. The maximum Gasteiger partial charge on any atom is 0.177 e. The van der Waals surface area contributed by atoms with Gasteiger partial charge in [0.05, 0.1) is 17.7 Å². The maximum absolute atomic E-state index is 13.9. The van der Waals surface area contributed by atoms with Crippen LogP contribution in [0.25, 0.3) is 0 Å². The minimum Gasteiger partial charge on any atom is -0.497 e. The van der Waals surface area contributed by atoms with Gasteiger partial charge in [-0.1, -0.05) is 23.7 Å². The summed E-state index contributed by atoms with van der Waals surface area (Å²) in [5.74, 6) is -0.0250. The minimum absolute atomic E-state index is 0.00711. The van der Waals surface area contributed by atoms with Crippen molar-refractivity contribution in [1.29, 1.82) is 0 Å². The standard InChI is InChI=1S/C15H12ClFO3/c1-19-11-4-2-10(3-5-11)9-20-14-7-6-13(16)12(8-18)15(14)17/h2-8H,9H2,1H3. The fourth-order valence-corrected chi connectivity index (χ4v) is 1.84. The van der Waals surface area contributed by atoms with Gasteiger partial charge in [0.25, 0.3) is 0 Å². The van der Waals surface area contributed by atoms with Crippen LogP contribution in [0.3, 0.4) is 0 Å². The molecule has 2 rings (SSSR count). The third-order valence-corrected chi connectivity index (χ3v) is 3.09. The number of hydrogen-bond donors (Lipinski definition) is 0. The molecular weight excluding hydrogens is 283 g/mol. The summed E-state index contributed by atoms with van der Waals surface area (Å²) >= 11 is 5.71. The largest absolute Gasteiger partial charge is 0.497 e. The van der Waals surface area contributed by atoms with Gasteiger partial charge in [-0.25, -0.2) is 4.39 Å². The fraction of sp³-hybridized carbons (Fsp3) is 0.133. The van der Waals surface area contributed by atoms with Gasteiger partial charge in [-0.15, -0.1) is 0 Å². The van der Waals surface area contributed by atoms with E-state index in [1.165, 1.54) is 12.1 Å². The van der Waals surface area contributed by atoms with Crippen molar-refractivity contribution in [2.24, 2.45) is 0 Å². The number of aldehydes is 1. The normalized spacial score (nSPS) is 10.2. The molecule has 0 aliphatic rings. The van der Waals surface area contributed by atoms with E-state index in [-0.39, 0.29) is 22.9 Å². The number of carbonyl (C=O) groups excluding carboxylic acids is 1. The highest BCUT2D eigenvalue weighted by molar-refractivity contribution is 6.33. The van der Waals surface area contributed by atoms with E-state index in [0.717, 1.165) is 11.3 Å². The van der Waals surface area contributed by atoms with E-state index < -0.39 is 5.82 Å². The van der Waals surface area contributed by atoms with E-state index >= 15 is 0 Å². The molecule has 0 aromatic heterocycles. The molecule has 0 fully saturated rings. The molecule has 0 spiro atoms. The average Bonchev–Trinajstić information content (AvgIpc) is 2.47. The van der Waals surface area contributed by atoms with Gasteiger partial charge in [-0.3, -0.25) is 4.79 Å². The molecule has 0 aliphatic carbocycles. The Hall–Kier alpha value is -2.07. The van der Waals surface area contributed by atoms with Crippen molar-refractivity contribution in [2.45, 2.75) is 6.61 Å². The molecule has 0 radical (unpaired) electrons. The van der Waals surface area contributed by atoms with Crippen LogP contribution < -0.4 is 9.47 Å². The van der Waals surface area contributed by atoms with Crippen LogP contribution in [-0.4, -0.2) is 13.4 Å². The molecule has 0 heterocycles. The predicted octanol–water partition coefficient (Wildman–Crippen LogP) is 3.88. The van der Waals surface area contributed by atoms with Crippen molar-refractivity contribution >= 4 is 17.9 Å². The van der Waals surface area contributed by atoms with Crippen molar-refractivity contribution in [2.75, 3.05) is 7.11 Å². The topological polar surface area (TPSA) is 35.5 Å². The van der Waals surface area contributed by atoms with Crippen molar-refractivity contribution in [3.05, 3.63) is 58.4 Å². The summed E-state index contributed by atoms with van der Waals surface area (Å²) in [6.07, 6.45) is 0.373. The van der Waals surface area contributed by atoms with Crippen LogP contribution in [0.15, 0.2) is 36.4 Å². The first-order valence-corrected chi connectivity index (χ1v) is 6.22. The number of rotatable bonds is 5. The van der Waals surface area contributed by atoms with Crippen LogP contribution in [0.5, 0.6) is 11.5 Å². The van der Waals surface area contributed by atoms with E-state index in [1.807, 2.05) is 12.1 Å². The first-order chi connectivity index (χ1) is 9.65. The smallest absolute Gasteiger partial charge is 0.177 e. The van der Waals surface area contributed by atoms with Gasteiger partial charge in [-0.2, -0.15) is 0 Å². The second kappa shape index (κ2) is 6.39. The number of hydrogen-bond acceptors (Lipinski definition) is 3. The van der Waals surface area contributed by atoms with E-state index in [1.54, 1.807) is 19.2 Å². The third-order valence-electron chi connectivity index (χ3n) is 2.76. The summed E-state index contributed by atoms with van der Waals surface area (Å²) in [5, 5.41) is 0.0642. The van der Waals surface area contributed by atoms with Crippen LogP contribution in [-0.2, 0) is 6.61 Å². The summed E-state index contributed by atoms with van der Waals surface area (Å²) in [6.45, 7) is 0.181. The van der Waals surface area contributed by atoms with Crippen molar-refractivity contribution in [3.63, 3.8) is 0 Å². The van der Waals surface area contributed by atoms with Crippen LogP contribution in [0.1, 0.15) is 15.9 Å². The summed E-state index contributed by atoms with van der Waals surface area (Å²) in [5.41, 5.74) is 0.659. The van der Waals surface area contributed by atoms with E-state index in [2.05, 4.69) is 0 Å². The Morgan fingerprint density at radius 3 is 2.50 bits per heavy atom. The second-order valence-corrected chi connectivity index (χ2v) is 4.43. The van der Waals surface area contributed by atoms with Gasteiger partial charge in [0, 0.05) is 0 Å². The molecule has 0 amide bonds. The number of carbonyl (C=O) groups is 1. The van der Waals surface area contributed by atoms with Crippen LogP contribution in [0.2, 0.25) is 5.02 Å². The van der Waals surface area contributed by atoms with Crippen LogP contribution >= 0.6 is 11.6 Å². The molecular formula is C15H12ClFO3. The third kappa shape index (κ3) is 3.08. The molecule has 5 heteroatoms. The average molecular weight is 295 g/mol. The Kier molecular flexibility index (Phi) is 4.58. The molecule has 0 unspecified atom stereocenters. The Bertz CT molecular complexity index is 611. The zero-order valence-electron chi connectivity index (χ0n) is 10.7. The molecule has 0 N–H and O–H groups in total. The summed E-state index contributed by atoms with van der Waals surface area (Å²) in [4.78, 5) is 10.8. The highest BCUT2D eigenvalue weighted by Crippen LogP contribution is 2.26. The molecule has 0 saturated carbocycles. The lowest BCUT2D eigenvalue weighted by Crippen LogP contribution is -2.00. The Labute approximate surface area is 120 Å². The Morgan fingerprint density at radius 1 is 1.20 bits per heavy atom. The molecule has 3 nitrogen and oxygen atoms in total. The molecule has 20 heavy (non-hydrogen) atoms. The highest BCUT2D eigenvalue weighted by atomic mass is 35.5. The lowest BCUT2D eigenvalue weighted by atomic mass is 10.2. The number of halogens is 2. The van der Waals surface area contributed by atoms with Gasteiger partial charge in [0.2, 0.25) is 0 Å². The summed E-state index contributed by atoms with van der Waals surface area (Å²) in [7, 11) is 1.58. The van der Waals surface area contributed by atoms with Crippen LogP contribution in [0, 0.1) is 5.82 Å².